The van der Waals surface area contributed by atoms with Gasteiger partial charge in [0.15, 0.2) is 0 Å². The van der Waals surface area contributed by atoms with Crippen LogP contribution in [0.15, 0.2) is 42.5 Å². The third-order valence-corrected chi connectivity index (χ3v) is 6.41. The maximum Gasteiger partial charge on any atom is 0.141 e. The molecule has 3 aromatic rings. The summed E-state index contributed by atoms with van der Waals surface area (Å²) in [4.78, 5) is 7.30. The van der Waals surface area contributed by atoms with E-state index in [2.05, 4.69) is 66.9 Å². The molecule has 0 saturated carbocycles. The van der Waals surface area contributed by atoms with E-state index in [0.29, 0.717) is 0 Å². The minimum Gasteiger partial charge on any atom is -0.493 e. The number of piperidine rings is 1. The molecule has 0 N–H and O–H groups in total. The molecule has 0 spiro atoms. The van der Waals surface area contributed by atoms with Crippen LogP contribution < -0.4 is 4.74 Å². The van der Waals surface area contributed by atoms with E-state index in [-0.39, 0.29) is 0 Å². The second kappa shape index (κ2) is 9.00. The monoisotopic (exact) mass is 391 g/mol. The maximum atomic E-state index is 6.17. The van der Waals surface area contributed by atoms with Gasteiger partial charge in [0.05, 0.1) is 17.6 Å². The number of fused-ring (bicyclic) bond motifs is 1. The first-order valence-electron chi connectivity index (χ1n) is 11.0. The SMILES string of the molecule is Cc1c(OCCCCC2CCN(C)CC2)cccc1-c1nc2ccccc2n1C. The number of ether oxygens (including phenoxy) is 1. The van der Waals surface area contributed by atoms with Crippen molar-refractivity contribution in [3.05, 3.63) is 48.0 Å². The molecule has 0 amide bonds. The zero-order valence-electron chi connectivity index (χ0n) is 18.0. The minimum absolute atomic E-state index is 0.791. The van der Waals surface area contributed by atoms with Crippen molar-refractivity contribution in [2.24, 2.45) is 13.0 Å². The highest BCUT2D eigenvalue weighted by Crippen LogP contribution is 2.31. The molecule has 0 atom stereocenters. The van der Waals surface area contributed by atoms with Crippen LogP contribution in [0.2, 0.25) is 0 Å². The molecule has 29 heavy (non-hydrogen) atoms. The van der Waals surface area contributed by atoms with Gasteiger partial charge in [-0.25, -0.2) is 4.98 Å². The lowest BCUT2D eigenvalue weighted by Gasteiger charge is -2.28. The standard InChI is InChI=1S/C25H33N3O/c1-19-21(25-26-22-11-4-5-12-23(22)28(25)3)10-8-13-24(19)29-18-7-6-9-20-14-16-27(2)17-15-20/h4-5,8,10-13,20H,6-7,9,14-18H2,1-3H3. The Balaban J connectivity index is 1.36. The van der Waals surface area contributed by atoms with Crippen LogP contribution in [0, 0.1) is 12.8 Å². The van der Waals surface area contributed by atoms with E-state index < -0.39 is 0 Å². The molecule has 1 saturated heterocycles. The number of aromatic nitrogens is 2. The van der Waals surface area contributed by atoms with E-state index in [1.54, 1.807) is 0 Å². The van der Waals surface area contributed by atoms with Crippen LogP contribution in [0.1, 0.15) is 37.7 Å². The molecule has 4 heteroatoms. The lowest BCUT2D eigenvalue weighted by Crippen LogP contribution is -2.30. The fraction of sp³-hybridized carbons (Fsp3) is 0.480. The maximum absolute atomic E-state index is 6.17. The second-order valence-electron chi connectivity index (χ2n) is 8.50. The lowest BCUT2D eigenvalue weighted by molar-refractivity contribution is 0.206. The first-order chi connectivity index (χ1) is 14.1. The molecular weight excluding hydrogens is 358 g/mol. The van der Waals surface area contributed by atoms with Crippen LogP contribution in [0.25, 0.3) is 22.4 Å². The number of unbranched alkanes of at least 4 members (excludes halogenated alkanes) is 1. The van der Waals surface area contributed by atoms with Gasteiger partial charge >= 0.3 is 0 Å². The molecule has 0 bridgehead atoms. The highest BCUT2D eigenvalue weighted by Gasteiger charge is 2.16. The van der Waals surface area contributed by atoms with Gasteiger partial charge in [-0.2, -0.15) is 0 Å². The third-order valence-electron chi connectivity index (χ3n) is 6.41. The average Bonchev–Trinajstić information content (AvgIpc) is 3.07. The van der Waals surface area contributed by atoms with Gasteiger partial charge in [0, 0.05) is 18.2 Å². The van der Waals surface area contributed by atoms with Crippen LogP contribution in [-0.2, 0) is 7.05 Å². The zero-order chi connectivity index (χ0) is 20.2. The number of rotatable bonds is 7. The molecule has 0 aliphatic carbocycles. The van der Waals surface area contributed by atoms with Gasteiger partial charge < -0.3 is 14.2 Å². The Morgan fingerprint density at radius 2 is 1.79 bits per heavy atom. The van der Waals surface area contributed by atoms with Crippen molar-refractivity contribution in [3.8, 4) is 17.1 Å². The molecule has 2 heterocycles. The molecule has 4 nitrogen and oxygen atoms in total. The van der Waals surface area contributed by atoms with Crippen LogP contribution in [0.5, 0.6) is 5.75 Å². The number of hydrogen-bond acceptors (Lipinski definition) is 3. The summed E-state index contributed by atoms with van der Waals surface area (Å²) in [5.74, 6) is 2.89. The largest absolute Gasteiger partial charge is 0.493 e. The van der Waals surface area contributed by atoms with Gasteiger partial charge in [0.1, 0.15) is 11.6 Å². The smallest absolute Gasteiger partial charge is 0.141 e. The molecule has 1 fully saturated rings. The van der Waals surface area contributed by atoms with Crippen molar-refractivity contribution in [3.63, 3.8) is 0 Å². The number of nitrogens with zero attached hydrogens (tertiary/aromatic N) is 3. The predicted octanol–water partition coefficient (Wildman–Crippen LogP) is 5.44. The normalized spacial score (nSPS) is 15.8. The molecule has 1 aliphatic heterocycles. The molecule has 1 aliphatic rings. The number of benzene rings is 2. The summed E-state index contributed by atoms with van der Waals surface area (Å²) < 4.78 is 8.34. The van der Waals surface area contributed by atoms with Gasteiger partial charge in [-0.05, 0) is 76.9 Å². The topological polar surface area (TPSA) is 30.3 Å². The van der Waals surface area contributed by atoms with Crippen LogP contribution >= 0.6 is 0 Å². The quantitative estimate of drug-likeness (QED) is 0.502. The van der Waals surface area contributed by atoms with E-state index in [4.69, 9.17) is 9.72 Å². The summed E-state index contributed by atoms with van der Waals surface area (Å²) in [6.45, 7) is 5.45. The molecule has 0 radical (unpaired) electrons. The Kier molecular flexibility index (Phi) is 6.19. The van der Waals surface area contributed by atoms with E-state index >= 15 is 0 Å². The molecular formula is C25H33N3O. The highest BCUT2D eigenvalue weighted by molar-refractivity contribution is 5.81. The zero-order valence-corrected chi connectivity index (χ0v) is 18.0. The summed E-state index contributed by atoms with van der Waals surface area (Å²) in [7, 11) is 4.31. The number of para-hydroxylation sites is 2. The second-order valence-corrected chi connectivity index (χ2v) is 8.50. The van der Waals surface area contributed by atoms with Crippen molar-refractivity contribution in [1.82, 2.24) is 14.5 Å². The van der Waals surface area contributed by atoms with Gasteiger partial charge in [0.25, 0.3) is 0 Å². The van der Waals surface area contributed by atoms with Crippen molar-refractivity contribution < 1.29 is 4.74 Å². The summed E-state index contributed by atoms with van der Waals surface area (Å²) in [5, 5.41) is 0. The Morgan fingerprint density at radius 1 is 1.00 bits per heavy atom. The van der Waals surface area contributed by atoms with Crippen LogP contribution in [-0.4, -0.2) is 41.2 Å². The summed E-state index contributed by atoms with van der Waals surface area (Å²) in [6, 6.07) is 14.6. The summed E-state index contributed by atoms with van der Waals surface area (Å²) in [6.07, 6.45) is 6.45. The number of aryl methyl sites for hydroxylation is 1. The van der Waals surface area contributed by atoms with Crippen molar-refractivity contribution >= 4 is 11.0 Å². The van der Waals surface area contributed by atoms with E-state index in [0.717, 1.165) is 47.1 Å². The van der Waals surface area contributed by atoms with Gasteiger partial charge in [-0.3, -0.25) is 0 Å². The fourth-order valence-electron chi connectivity index (χ4n) is 4.47. The Morgan fingerprint density at radius 3 is 2.59 bits per heavy atom. The van der Waals surface area contributed by atoms with E-state index in [9.17, 15) is 0 Å². The molecule has 0 unspecified atom stereocenters. The minimum atomic E-state index is 0.791. The summed E-state index contributed by atoms with van der Waals surface area (Å²) in [5.41, 5.74) is 4.50. The summed E-state index contributed by atoms with van der Waals surface area (Å²) >= 11 is 0. The molecule has 1 aromatic heterocycles. The number of likely N-dealkylation sites (tertiary alicyclic amines) is 1. The first-order valence-corrected chi connectivity index (χ1v) is 11.0. The Hall–Kier alpha value is -2.33. The lowest BCUT2D eigenvalue weighted by atomic mass is 9.92. The van der Waals surface area contributed by atoms with Crippen LogP contribution in [0.4, 0.5) is 0 Å². The number of imidazole rings is 1. The van der Waals surface area contributed by atoms with E-state index in [1.807, 2.05) is 6.07 Å². The van der Waals surface area contributed by atoms with Crippen LogP contribution in [0.3, 0.4) is 0 Å². The number of hydrogen-bond donors (Lipinski definition) is 0. The molecule has 4 rings (SSSR count). The first kappa shape index (κ1) is 20.0. The highest BCUT2D eigenvalue weighted by atomic mass is 16.5. The van der Waals surface area contributed by atoms with Gasteiger partial charge in [-0.15, -0.1) is 0 Å². The van der Waals surface area contributed by atoms with Gasteiger partial charge in [0.2, 0.25) is 0 Å². The Labute approximate surface area is 174 Å². The third kappa shape index (κ3) is 4.48. The van der Waals surface area contributed by atoms with Crippen molar-refractivity contribution in [2.75, 3.05) is 26.7 Å². The Bertz CT molecular complexity index is 954. The molecule has 2 aromatic carbocycles. The predicted molar refractivity (Wildman–Crippen MR) is 120 cm³/mol. The van der Waals surface area contributed by atoms with Crippen molar-refractivity contribution in [1.29, 1.82) is 0 Å². The van der Waals surface area contributed by atoms with Gasteiger partial charge in [-0.1, -0.05) is 30.7 Å². The average molecular weight is 392 g/mol. The fourth-order valence-corrected chi connectivity index (χ4v) is 4.47. The van der Waals surface area contributed by atoms with Crippen molar-refractivity contribution in [2.45, 2.75) is 39.0 Å². The molecule has 154 valence electrons. The van der Waals surface area contributed by atoms with E-state index in [1.165, 1.54) is 44.3 Å².